The maximum absolute atomic E-state index is 12.2. The van der Waals surface area contributed by atoms with Gasteiger partial charge in [-0.2, -0.15) is 0 Å². The summed E-state index contributed by atoms with van der Waals surface area (Å²) < 4.78 is 36.5. The summed E-state index contributed by atoms with van der Waals surface area (Å²) in [6.45, 7) is 0. The third-order valence-electron chi connectivity index (χ3n) is 3.17. The second-order valence-corrected chi connectivity index (χ2v) is 6.90. The smallest absolute Gasteiger partial charge is 0.229 e. The fraction of sp³-hybridized carbons (Fsp3) is 0.0625. The van der Waals surface area contributed by atoms with Crippen LogP contribution in [0.5, 0.6) is 11.5 Å². The zero-order valence-electron chi connectivity index (χ0n) is 13.1. The highest BCUT2D eigenvalue weighted by Crippen LogP contribution is 2.33. The summed E-state index contributed by atoms with van der Waals surface area (Å²) in [6.07, 6.45) is 2.13. The molecule has 3 aromatic rings. The van der Waals surface area contributed by atoms with E-state index in [0.717, 1.165) is 12.5 Å². The Labute approximate surface area is 149 Å². The van der Waals surface area contributed by atoms with E-state index in [2.05, 4.69) is 4.72 Å². The van der Waals surface area contributed by atoms with Crippen LogP contribution in [0.4, 0.5) is 11.4 Å². The lowest BCUT2D eigenvalue weighted by atomic mass is 10.2. The molecule has 0 fully saturated rings. The Bertz CT molecular complexity index is 1070. The fourth-order valence-corrected chi connectivity index (χ4v) is 2.71. The number of sulfonamides is 1. The maximum Gasteiger partial charge on any atom is 0.229 e. The number of ether oxygens (including phenoxy) is 1. The summed E-state index contributed by atoms with van der Waals surface area (Å²) in [7, 11) is -3.55. The number of hydrogen-bond donors (Lipinski definition) is 2. The molecule has 0 aliphatic heterocycles. The lowest BCUT2D eigenvalue weighted by molar-refractivity contribution is 0.485. The molecule has 1 aromatic heterocycles. The molecule has 0 saturated heterocycles. The minimum atomic E-state index is -3.55. The van der Waals surface area contributed by atoms with Crippen LogP contribution in [-0.2, 0) is 10.0 Å². The van der Waals surface area contributed by atoms with E-state index in [1.54, 1.807) is 24.3 Å². The predicted molar refractivity (Wildman–Crippen MR) is 99.1 cm³/mol. The van der Waals surface area contributed by atoms with Crippen molar-refractivity contribution in [2.45, 2.75) is 0 Å². The van der Waals surface area contributed by atoms with Crippen molar-refractivity contribution < 1.29 is 17.6 Å². The number of benzene rings is 2. The van der Waals surface area contributed by atoms with Crippen LogP contribution in [0.15, 0.2) is 57.9 Å². The highest BCUT2D eigenvalue weighted by molar-refractivity contribution is 7.92. The summed E-state index contributed by atoms with van der Waals surface area (Å²) >= 11 is 0. The Balaban J connectivity index is 0.00000225. The first-order valence-electron chi connectivity index (χ1n) is 6.89. The van der Waals surface area contributed by atoms with Crippen molar-refractivity contribution in [1.82, 2.24) is 0 Å². The van der Waals surface area contributed by atoms with Crippen molar-refractivity contribution in [2.75, 3.05) is 16.7 Å². The van der Waals surface area contributed by atoms with Gasteiger partial charge >= 0.3 is 0 Å². The van der Waals surface area contributed by atoms with E-state index in [1.807, 2.05) is 6.07 Å². The Kier molecular flexibility index (Phi) is 5.24. The van der Waals surface area contributed by atoms with Crippen molar-refractivity contribution in [3.63, 3.8) is 0 Å². The molecule has 0 aliphatic rings. The first-order valence-corrected chi connectivity index (χ1v) is 8.78. The van der Waals surface area contributed by atoms with E-state index in [9.17, 15) is 13.2 Å². The number of para-hydroxylation sites is 1. The first-order chi connectivity index (χ1) is 11.3. The van der Waals surface area contributed by atoms with E-state index >= 15 is 0 Å². The highest BCUT2D eigenvalue weighted by atomic mass is 35.5. The first kappa shape index (κ1) is 18.6. The summed E-state index contributed by atoms with van der Waals surface area (Å²) in [6, 6.07) is 11.6. The van der Waals surface area contributed by atoms with Gasteiger partial charge in [-0.15, -0.1) is 12.4 Å². The third-order valence-corrected chi connectivity index (χ3v) is 3.76. The van der Waals surface area contributed by atoms with Gasteiger partial charge < -0.3 is 14.9 Å². The molecular formula is C16H15ClN2O5S. The minimum Gasteiger partial charge on any atom is -0.462 e. The van der Waals surface area contributed by atoms with E-state index in [0.29, 0.717) is 5.75 Å². The normalized spacial score (nSPS) is 10.9. The average molecular weight is 383 g/mol. The number of rotatable bonds is 4. The zero-order valence-corrected chi connectivity index (χ0v) is 14.7. The number of nitrogen functional groups attached to an aromatic ring is 1. The van der Waals surface area contributed by atoms with E-state index in [4.69, 9.17) is 14.9 Å². The van der Waals surface area contributed by atoms with Crippen LogP contribution in [0.3, 0.4) is 0 Å². The lowest BCUT2D eigenvalue weighted by Crippen LogP contribution is -2.12. The van der Waals surface area contributed by atoms with Crippen LogP contribution in [0.25, 0.3) is 11.0 Å². The van der Waals surface area contributed by atoms with Gasteiger partial charge in [0.25, 0.3) is 0 Å². The van der Waals surface area contributed by atoms with Gasteiger partial charge in [-0.05, 0) is 18.2 Å². The van der Waals surface area contributed by atoms with Gasteiger partial charge in [0.1, 0.15) is 23.3 Å². The number of fused-ring (bicyclic) bond motifs is 1. The molecule has 0 bridgehead atoms. The molecule has 0 atom stereocenters. The molecule has 2 aromatic carbocycles. The average Bonchev–Trinajstić information content (AvgIpc) is 2.52. The predicted octanol–water partition coefficient (Wildman–Crippen LogP) is 2.96. The number of halogens is 1. The van der Waals surface area contributed by atoms with Crippen molar-refractivity contribution >= 4 is 44.8 Å². The molecular weight excluding hydrogens is 368 g/mol. The van der Waals surface area contributed by atoms with Crippen LogP contribution >= 0.6 is 12.4 Å². The molecule has 3 rings (SSSR count). The molecule has 0 saturated carbocycles. The molecule has 0 unspecified atom stereocenters. The molecule has 132 valence electrons. The molecule has 1 heterocycles. The highest BCUT2D eigenvalue weighted by Gasteiger charge is 2.15. The zero-order chi connectivity index (χ0) is 17.3. The summed E-state index contributed by atoms with van der Waals surface area (Å²) in [5.41, 5.74) is 5.46. The molecule has 7 nitrogen and oxygen atoms in total. The second-order valence-electron chi connectivity index (χ2n) is 5.15. The van der Waals surface area contributed by atoms with Crippen LogP contribution in [0.2, 0.25) is 0 Å². The van der Waals surface area contributed by atoms with Crippen LogP contribution in [0, 0.1) is 0 Å². The third kappa shape index (κ3) is 4.23. The Morgan fingerprint density at radius 1 is 1.16 bits per heavy atom. The van der Waals surface area contributed by atoms with Gasteiger partial charge in [0.2, 0.25) is 15.5 Å². The quantitative estimate of drug-likeness (QED) is 0.717. The van der Waals surface area contributed by atoms with Crippen LogP contribution in [0.1, 0.15) is 0 Å². The lowest BCUT2D eigenvalue weighted by Gasteiger charge is -2.13. The second kappa shape index (κ2) is 7.04. The van der Waals surface area contributed by atoms with Crippen molar-refractivity contribution in [3.05, 3.63) is 59.0 Å². The molecule has 0 amide bonds. The molecule has 9 heteroatoms. The molecule has 0 spiro atoms. The Morgan fingerprint density at radius 3 is 2.48 bits per heavy atom. The number of nitrogens with two attached hydrogens (primary N) is 1. The topological polar surface area (TPSA) is 112 Å². The molecule has 0 radical (unpaired) electrons. The molecule has 3 N–H and O–H groups in total. The van der Waals surface area contributed by atoms with Gasteiger partial charge in [0, 0.05) is 6.07 Å². The fourth-order valence-electron chi connectivity index (χ4n) is 2.15. The van der Waals surface area contributed by atoms with Crippen molar-refractivity contribution in [3.8, 4) is 11.5 Å². The van der Waals surface area contributed by atoms with Gasteiger partial charge in [-0.25, -0.2) is 8.42 Å². The summed E-state index contributed by atoms with van der Waals surface area (Å²) in [5.74, 6) is 0.652. The monoisotopic (exact) mass is 382 g/mol. The van der Waals surface area contributed by atoms with Crippen molar-refractivity contribution in [2.24, 2.45) is 0 Å². The van der Waals surface area contributed by atoms with E-state index < -0.39 is 15.5 Å². The Morgan fingerprint density at radius 2 is 1.84 bits per heavy atom. The summed E-state index contributed by atoms with van der Waals surface area (Å²) in [5, 5.41) is 0.194. The minimum absolute atomic E-state index is 0. The molecule has 25 heavy (non-hydrogen) atoms. The molecule has 0 aliphatic carbocycles. The number of hydrogen-bond acceptors (Lipinski definition) is 6. The summed E-state index contributed by atoms with van der Waals surface area (Å²) in [4.78, 5) is 12.2. The van der Waals surface area contributed by atoms with E-state index in [-0.39, 0.29) is 40.5 Å². The number of nitrogens with one attached hydrogen (secondary N) is 1. The van der Waals surface area contributed by atoms with Crippen LogP contribution < -0.4 is 20.6 Å². The largest absolute Gasteiger partial charge is 0.462 e. The number of anilines is 2. The van der Waals surface area contributed by atoms with Crippen molar-refractivity contribution in [1.29, 1.82) is 0 Å². The standard InChI is InChI=1S/C16H14N2O5S.ClH/c1-24(20,21)18-13-8-14-11(16(19)12(17)9-22-14)7-15(13)23-10-5-3-2-4-6-10;/h2-9,18H,17H2,1H3;1H. The van der Waals surface area contributed by atoms with Gasteiger partial charge in [0.05, 0.1) is 17.3 Å². The van der Waals surface area contributed by atoms with E-state index in [1.165, 1.54) is 12.1 Å². The Hall–Kier alpha value is -2.71. The van der Waals surface area contributed by atoms with Gasteiger partial charge in [-0.1, -0.05) is 18.2 Å². The van der Waals surface area contributed by atoms with Gasteiger partial charge in [0.15, 0.2) is 5.75 Å². The van der Waals surface area contributed by atoms with Gasteiger partial charge in [-0.3, -0.25) is 9.52 Å². The SMILES string of the molecule is CS(=O)(=O)Nc1cc2occ(N)c(=O)c2cc1Oc1ccccc1.Cl. The van der Waals surface area contributed by atoms with Crippen LogP contribution in [-0.4, -0.2) is 14.7 Å². The maximum atomic E-state index is 12.2.